The minimum absolute atomic E-state index is 0.00237. The summed E-state index contributed by atoms with van der Waals surface area (Å²) in [7, 11) is 3.42. The smallest absolute Gasteiger partial charge is 0.133 e. The Morgan fingerprint density at radius 3 is 2.32 bits per heavy atom. The Labute approximate surface area is 152 Å². The molecule has 0 aromatic heterocycles. The second-order valence-electron chi connectivity index (χ2n) is 7.19. The van der Waals surface area contributed by atoms with E-state index in [4.69, 9.17) is 9.47 Å². The van der Waals surface area contributed by atoms with Crippen molar-refractivity contribution >= 4 is 5.78 Å². The molecule has 0 amide bonds. The fourth-order valence-corrected chi connectivity index (χ4v) is 3.90. The van der Waals surface area contributed by atoms with Crippen LogP contribution in [-0.4, -0.2) is 20.0 Å². The first-order valence-electron chi connectivity index (χ1n) is 9.42. The van der Waals surface area contributed by atoms with Crippen molar-refractivity contribution in [2.75, 3.05) is 14.2 Å². The topological polar surface area (TPSA) is 35.5 Å². The summed E-state index contributed by atoms with van der Waals surface area (Å²) in [6.07, 6.45) is 8.51. The summed E-state index contributed by atoms with van der Waals surface area (Å²) < 4.78 is 11.5. The van der Waals surface area contributed by atoms with Crippen LogP contribution in [0, 0.1) is 5.92 Å². The number of methoxy groups -OCH3 is 2. The number of hydrogen-bond donors (Lipinski definition) is 0. The Hall–Kier alpha value is -1.77. The van der Waals surface area contributed by atoms with E-state index in [2.05, 4.69) is 32.1 Å². The summed E-state index contributed by atoms with van der Waals surface area (Å²) in [4.78, 5) is 12.2. The van der Waals surface area contributed by atoms with E-state index in [0.29, 0.717) is 0 Å². The normalized spacial score (nSPS) is 20.1. The van der Waals surface area contributed by atoms with Gasteiger partial charge in [-0.3, -0.25) is 4.79 Å². The van der Waals surface area contributed by atoms with Crippen molar-refractivity contribution < 1.29 is 14.3 Å². The summed E-state index contributed by atoms with van der Waals surface area (Å²) in [5.74, 6) is 2.08. The Morgan fingerprint density at radius 1 is 1.16 bits per heavy atom. The third-order valence-electron chi connectivity index (χ3n) is 5.31. The number of allylic oxidation sites excluding steroid dienone is 2. The largest absolute Gasteiger partial charge is 0.496 e. The van der Waals surface area contributed by atoms with E-state index < -0.39 is 0 Å². The Kier molecular flexibility index (Phi) is 7.10. The zero-order valence-corrected chi connectivity index (χ0v) is 16.4. The molecule has 0 spiro atoms. The van der Waals surface area contributed by atoms with Crippen molar-refractivity contribution in [3.05, 3.63) is 34.9 Å². The van der Waals surface area contributed by atoms with Crippen LogP contribution >= 0.6 is 0 Å². The minimum Gasteiger partial charge on any atom is -0.496 e. The van der Waals surface area contributed by atoms with Crippen LogP contribution in [0.1, 0.15) is 69.9 Å². The minimum atomic E-state index is -0.00237. The maximum Gasteiger partial charge on any atom is 0.133 e. The zero-order valence-electron chi connectivity index (χ0n) is 16.4. The number of rotatable bonds is 8. The van der Waals surface area contributed by atoms with Gasteiger partial charge in [-0.15, -0.1) is 0 Å². The van der Waals surface area contributed by atoms with Crippen molar-refractivity contribution in [2.45, 2.75) is 65.2 Å². The molecule has 2 rings (SSSR count). The third kappa shape index (κ3) is 4.65. The van der Waals surface area contributed by atoms with Gasteiger partial charge in [0.05, 0.1) is 14.2 Å². The Morgan fingerprint density at radius 2 is 1.80 bits per heavy atom. The second kappa shape index (κ2) is 9.07. The Balaban J connectivity index is 2.44. The van der Waals surface area contributed by atoms with Crippen molar-refractivity contribution in [1.82, 2.24) is 0 Å². The van der Waals surface area contributed by atoms with E-state index in [-0.39, 0.29) is 17.6 Å². The van der Waals surface area contributed by atoms with Crippen molar-refractivity contribution in [2.24, 2.45) is 5.92 Å². The molecular formula is C22H32O3. The van der Waals surface area contributed by atoms with Gasteiger partial charge in [-0.2, -0.15) is 0 Å². The summed E-state index contributed by atoms with van der Waals surface area (Å²) in [5.41, 5.74) is 3.63. The lowest BCUT2D eigenvalue weighted by molar-refractivity contribution is -0.121. The van der Waals surface area contributed by atoms with Crippen LogP contribution in [-0.2, 0) is 11.2 Å². The molecule has 25 heavy (non-hydrogen) atoms. The summed E-state index contributed by atoms with van der Waals surface area (Å²) in [6.45, 7) is 6.05. The van der Waals surface area contributed by atoms with Crippen LogP contribution in [0.15, 0.2) is 23.8 Å². The van der Waals surface area contributed by atoms with Crippen LogP contribution in [0.4, 0.5) is 0 Å². The van der Waals surface area contributed by atoms with Crippen LogP contribution in [0.5, 0.6) is 11.5 Å². The van der Waals surface area contributed by atoms with Crippen molar-refractivity contribution in [3.63, 3.8) is 0 Å². The van der Waals surface area contributed by atoms with Crippen molar-refractivity contribution in [3.8, 4) is 11.5 Å². The van der Waals surface area contributed by atoms with Crippen LogP contribution in [0.25, 0.3) is 0 Å². The average Bonchev–Trinajstić information content (AvgIpc) is 2.60. The van der Waals surface area contributed by atoms with E-state index in [9.17, 15) is 4.79 Å². The molecule has 3 nitrogen and oxygen atoms in total. The lowest BCUT2D eigenvalue weighted by Crippen LogP contribution is -2.24. The molecule has 3 heteroatoms. The maximum absolute atomic E-state index is 12.2. The molecule has 2 atom stereocenters. The van der Waals surface area contributed by atoms with Gasteiger partial charge in [-0.05, 0) is 57.2 Å². The highest BCUT2D eigenvalue weighted by Gasteiger charge is 2.33. The molecular weight excluding hydrogens is 312 g/mol. The predicted molar refractivity (Wildman–Crippen MR) is 103 cm³/mol. The van der Waals surface area contributed by atoms with Gasteiger partial charge in [0.1, 0.15) is 17.3 Å². The molecule has 0 radical (unpaired) electrons. The fraction of sp³-hybridized carbons (Fsp3) is 0.591. The first-order chi connectivity index (χ1) is 12.0. The first-order valence-corrected chi connectivity index (χ1v) is 9.42. The average molecular weight is 344 g/mol. The van der Waals surface area contributed by atoms with Gasteiger partial charge in [0, 0.05) is 17.4 Å². The van der Waals surface area contributed by atoms with E-state index in [1.165, 1.54) is 30.4 Å². The van der Waals surface area contributed by atoms with Crippen molar-refractivity contribution in [1.29, 1.82) is 0 Å². The Bertz CT molecular complexity index is 605. The molecule has 0 aliphatic heterocycles. The van der Waals surface area contributed by atoms with E-state index in [1.807, 2.05) is 0 Å². The molecule has 0 saturated carbocycles. The lowest BCUT2D eigenvalue weighted by Gasteiger charge is -2.31. The number of hydrogen-bond acceptors (Lipinski definition) is 3. The number of carbonyl (C=O) groups excluding carboxylic acids is 1. The van der Waals surface area contributed by atoms with E-state index in [0.717, 1.165) is 36.3 Å². The summed E-state index contributed by atoms with van der Waals surface area (Å²) >= 11 is 0. The standard InChI is InChI=1S/C22H32O3/c1-6-7-8-9-17-13-20(24-4)22(21(14-17)25-5)19-12-15(2)10-11-18(19)16(3)23/h10,13-14,18-19H,6-9,11-12H2,1-5H3/t18-,19+/m1/s1. The van der Waals surface area contributed by atoms with E-state index >= 15 is 0 Å². The molecule has 1 aliphatic rings. The molecule has 0 heterocycles. The molecule has 0 fully saturated rings. The van der Waals surface area contributed by atoms with Gasteiger partial charge in [0.15, 0.2) is 0 Å². The van der Waals surface area contributed by atoms with Gasteiger partial charge in [-0.25, -0.2) is 0 Å². The van der Waals surface area contributed by atoms with Gasteiger partial charge in [0.2, 0.25) is 0 Å². The number of Topliss-reactive ketones (excluding diaryl/α,β-unsaturated/α-hetero) is 1. The molecule has 1 aromatic carbocycles. The molecule has 0 bridgehead atoms. The number of ether oxygens (including phenoxy) is 2. The number of unbranched alkanes of at least 4 members (excludes halogenated alkanes) is 2. The highest BCUT2D eigenvalue weighted by molar-refractivity contribution is 5.80. The SMILES string of the molecule is CCCCCc1cc(OC)c([C@H]2CC(C)=CC[C@@H]2C(C)=O)c(OC)c1. The van der Waals surface area contributed by atoms with Gasteiger partial charge in [0.25, 0.3) is 0 Å². The predicted octanol–water partition coefficient (Wildman–Crippen LogP) is 5.47. The van der Waals surface area contributed by atoms with E-state index in [1.54, 1.807) is 21.1 Å². The third-order valence-corrected chi connectivity index (χ3v) is 5.31. The highest BCUT2D eigenvalue weighted by Crippen LogP contribution is 2.46. The fourth-order valence-electron chi connectivity index (χ4n) is 3.90. The van der Waals surface area contributed by atoms with Gasteiger partial charge in [-0.1, -0.05) is 31.4 Å². The quantitative estimate of drug-likeness (QED) is 0.464. The zero-order chi connectivity index (χ0) is 18.4. The number of benzene rings is 1. The second-order valence-corrected chi connectivity index (χ2v) is 7.19. The van der Waals surface area contributed by atoms with Crippen LogP contribution < -0.4 is 9.47 Å². The monoisotopic (exact) mass is 344 g/mol. The van der Waals surface area contributed by atoms with Crippen LogP contribution in [0.3, 0.4) is 0 Å². The number of carbonyl (C=O) groups is 1. The van der Waals surface area contributed by atoms with Crippen LogP contribution in [0.2, 0.25) is 0 Å². The summed E-state index contributed by atoms with van der Waals surface area (Å²) in [5, 5.41) is 0. The molecule has 138 valence electrons. The maximum atomic E-state index is 12.2. The molecule has 0 saturated heterocycles. The first kappa shape index (κ1) is 19.6. The lowest BCUT2D eigenvalue weighted by atomic mass is 9.73. The van der Waals surface area contributed by atoms with Gasteiger partial charge >= 0.3 is 0 Å². The molecule has 0 N–H and O–H groups in total. The van der Waals surface area contributed by atoms with Gasteiger partial charge < -0.3 is 9.47 Å². The number of aryl methyl sites for hydroxylation is 1. The summed E-state index contributed by atoms with van der Waals surface area (Å²) in [6, 6.07) is 4.27. The molecule has 1 aromatic rings. The number of ketones is 1. The highest BCUT2D eigenvalue weighted by atomic mass is 16.5. The molecule has 0 unspecified atom stereocenters. The molecule has 1 aliphatic carbocycles.